The number of thioether (sulfide) groups is 1. The lowest BCUT2D eigenvalue weighted by Crippen LogP contribution is -2.34. The van der Waals surface area contributed by atoms with Crippen molar-refractivity contribution < 1.29 is 0 Å². The van der Waals surface area contributed by atoms with E-state index < -0.39 is 0 Å². The van der Waals surface area contributed by atoms with Crippen LogP contribution in [-0.4, -0.2) is 22.7 Å². The van der Waals surface area contributed by atoms with E-state index in [1.807, 2.05) is 30.3 Å². The maximum absolute atomic E-state index is 5.27. The number of hydrogen-bond donors (Lipinski definition) is 2. The Morgan fingerprint density at radius 2 is 2.12 bits per heavy atom. The van der Waals surface area contributed by atoms with Crippen LogP contribution in [0, 0.1) is 0 Å². The molecule has 1 atom stereocenters. The molecule has 1 aliphatic heterocycles. The van der Waals surface area contributed by atoms with E-state index in [9.17, 15) is 0 Å². The van der Waals surface area contributed by atoms with Crippen LogP contribution in [0.25, 0.3) is 0 Å². The Bertz CT molecular complexity index is 348. The number of hydrogen-bond acceptors (Lipinski definition) is 2. The van der Waals surface area contributed by atoms with Gasteiger partial charge in [0, 0.05) is 17.5 Å². The van der Waals surface area contributed by atoms with E-state index in [4.69, 9.17) is 12.2 Å². The zero-order chi connectivity index (χ0) is 11.9. The second-order valence-corrected chi connectivity index (χ2v) is 6.01. The fourth-order valence-electron chi connectivity index (χ4n) is 1.87. The highest BCUT2D eigenvalue weighted by molar-refractivity contribution is 7.99. The van der Waals surface area contributed by atoms with Crippen molar-refractivity contribution in [1.82, 2.24) is 5.32 Å². The lowest BCUT2D eigenvalue weighted by atomic mass is 10.2. The predicted octanol–water partition coefficient (Wildman–Crippen LogP) is 3.26. The second kappa shape index (κ2) is 6.87. The van der Waals surface area contributed by atoms with E-state index in [0.29, 0.717) is 0 Å². The number of benzene rings is 1. The van der Waals surface area contributed by atoms with Crippen molar-refractivity contribution in [3.63, 3.8) is 0 Å². The van der Waals surface area contributed by atoms with Crippen molar-refractivity contribution in [2.24, 2.45) is 0 Å². The van der Waals surface area contributed by atoms with Crippen molar-refractivity contribution in [3.05, 3.63) is 30.3 Å². The van der Waals surface area contributed by atoms with E-state index in [0.717, 1.165) is 22.6 Å². The summed E-state index contributed by atoms with van der Waals surface area (Å²) in [5, 5.41) is 7.94. The van der Waals surface area contributed by atoms with E-state index in [1.54, 1.807) is 0 Å². The summed E-state index contributed by atoms with van der Waals surface area (Å²) in [6, 6.07) is 10.0. The lowest BCUT2D eigenvalue weighted by Gasteiger charge is -2.22. The van der Waals surface area contributed by atoms with Crippen LogP contribution in [0.1, 0.15) is 19.3 Å². The molecule has 0 aliphatic carbocycles. The highest BCUT2D eigenvalue weighted by Gasteiger charge is 2.13. The first-order valence-corrected chi connectivity index (χ1v) is 7.52. The third-order valence-electron chi connectivity index (χ3n) is 2.80. The number of para-hydroxylation sites is 1. The Morgan fingerprint density at radius 1 is 1.29 bits per heavy atom. The number of thiocarbonyl (C=S) groups is 1. The second-order valence-electron chi connectivity index (χ2n) is 4.19. The van der Waals surface area contributed by atoms with Gasteiger partial charge in [-0.05, 0) is 42.9 Å². The Hall–Kier alpha value is -0.740. The van der Waals surface area contributed by atoms with Gasteiger partial charge in [0.15, 0.2) is 5.11 Å². The minimum Gasteiger partial charge on any atom is -0.361 e. The third-order valence-corrected chi connectivity index (χ3v) is 4.44. The van der Waals surface area contributed by atoms with Crippen LogP contribution >= 0.6 is 24.0 Å². The maximum Gasteiger partial charge on any atom is 0.170 e. The van der Waals surface area contributed by atoms with Crippen molar-refractivity contribution >= 4 is 34.8 Å². The highest BCUT2D eigenvalue weighted by atomic mass is 32.2. The van der Waals surface area contributed by atoms with Crippen molar-refractivity contribution in [1.29, 1.82) is 0 Å². The molecule has 17 heavy (non-hydrogen) atoms. The molecular formula is C13H18N2S2. The zero-order valence-corrected chi connectivity index (χ0v) is 11.4. The molecule has 1 unspecified atom stereocenters. The minimum atomic E-state index is 0.722. The predicted molar refractivity (Wildman–Crippen MR) is 80.8 cm³/mol. The summed E-state index contributed by atoms with van der Waals surface area (Å²) in [6.07, 6.45) is 4.04. The van der Waals surface area contributed by atoms with Gasteiger partial charge in [-0.25, -0.2) is 0 Å². The van der Waals surface area contributed by atoms with Crippen LogP contribution in [0.4, 0.5) is 5.69 Å². The Kier molecular flexibility index (Phi) is 5.13. The summed E-state index contributed by atoms with van der Waals surface area (Å²) in [6.45, 7) is 0.976. The molecule has 0 bridgehead atoms. The molecule has 1 aromatic rings. The molecule has 1 heterocycles. The lowest BCUT2D eigenvalue weighted by molar-refractivity contribution is 0.650. The van der Waals surface area contributed by atoms with Crippen LogP contribution in [0.3, 0.4) is 0 Å². The molecule has 4 heteroatoms. The van der Waals surface area contributed by atoms with Gasteiger partial charge in [-0.15, -0.1) is 0 Å². The first kappa shape index (κ1) is 12.7. The molecule has 0 aromatic heterocycles. The smallest absolute Gasteiger partial charge is 0.170 e. The first-order chi connectivity index (χ1) is 8.34. The highest BCUT2D eigenvalue weighted by Crippen LogP contribution is 2.24. The average Bonchev–Trinajstić information content (AvgIpc) is 2.39. The summed E-state index contributed by atoms with van der Waals surface area (Å²) in [7, 11) is 0. The molecule has 0 radical (unpaired) electrons. The van der Waals surface area contributed by atoms with E-state index >= 15 is 0 Å². The maximum atomic E-state index is 5.27. The number of anilines is 1. The number of rotatable bonds is 3. The Labute approximate surface area is 113 Å². The van der Waals surface area contributed by atoms with Crippen molar-refractivity contribution in [3.8, 4) is 0 Å². The zero-order valence-electron chi connectivity index (χ0n) is 9.82. The number of nitrogens with one attached hydrogen (secondary N) is 2. The van der Waals surface area contributed by atoms with Crippen molar-refractivity contribution in [2.45, 2.75) is 24.5 Å². The fraction of sp³-hybridized carbons (Fsp3) is 0.462. The van der Waals surface area contributed by atoms with Crippen LogP contribution in [0.15, 0.2) is 30.3 Å². The van der Waals surface area contributed by atoms with Gasteiger partial charge in [-0.3, -0.25) is 0 Å². The summed E-state index contributed by atoms with van der Waals surface area (Å²) in [5.41, 5.74) is 1.04. The van der Waals surface area contributed by atoms with E-state index in [-0.39, 0.29) is 0 Å². The fourth-order valence-corrected chi connectivity index (χ4v) is 3.31. The van der Waals surface area contributed by atoms with Crippen LogP contribution in [0.5, 0.6) is 0 Å². The molecular weight excluding hydrogens is 248 g/mol. The van der Waals surface area contributed by atoms with Gasteiger partial charge >= 0.3 is 0 Å². The molecule has 2 rings (SSSR count). The van der Waals surface area contributed by atoms with Gasteiger partial charge in [0.2, 0.25) is 0 Å². The van der Waals surface area contributed by atoms with Gasteiger partial charge < -0.3 is 10.6 Å². The summed E-state index contributed by atoms with van der Waals surface area (Å²) < 4.78 is 0. The quantitative estimate of drug-likeness (QED) is 0.820. The normalized spacial score (nSPS) is 19.6. The largest absolute Gasteiger partial charge is 0.361 e. The molecule has 92 valence electrons. The van der Waals surface area contributed by atoms with E-state index in [2.05, 4.69) is 22.4 Å². The SMILES string of the molecule is S=C(NCC1CCCCS1)Nc1ccccc1. The van der Waals surface area contributed by atoms with Crippen molar-refractivity contribution in [2.75, 3.05) is 17.6 Å². The van der Waals surface area contributed by atoms with Gasteiger partial charge in [0.1, 0.15) is 0 Å². The average molecular weight is 266 g/mol. The van der Waals surface area contributed by atoms with Gasteiger partial charge in [0.05, 0.1) is 0 Å². The monoisotopic (exact) mass is 266 g/mol. The minimum absolute atomic E-state index is 0.722. The molecule has 2 N–H and O–H groups in total. The standard InChI is InChI=1S/C13H18N2S2/c16-13(15-11-6-2-1-3-7-11)14-10-12-8-4-5-9-17-12/h1-3,6-7,12H,4-5,8-10H2,(H2,14,15,16). The van der Waals surface area contributed by atoms with Crippen LogP contribution < -0.4 is 10.6 Å². The van der Waals surface area contributed by atoms with E-state index in [1.165, 1.54) is 25.0 Å². The van der Waals surface area contributed by atoms with Gasteiger partial charge in [-0.1, -0.05) is 24.6 Å². The Balaban J connectivity index is 1.70. The molecule has 1 aliphatic rings. The van der Waals surface area contributed by atoms with Gasteiger partial charge in [-0.2, -0.15) is 11.8 Å². The molecule has 1 saturated heterocycles. The summed E-state index contributed by atoms with van der Waals surface area (Å²) in [4.78, 5) is 0. The van der Waals surface area contributed by atoms with Gasteiger partial charge in [0.25, 0.3) is 0 Å². The third kappa shape index (κ3) is 4.56. The molecule has 1 fully saturated rings. The molecule has 1 aromatic carbocycles. The molecule has 0 saturated carbocycles. The van der Waals surface area contributed by atoms with Crippen LogP contribution in [-0.2, 0) is 0 Å². The Morgan fingerprint density at radius 3 is 2.82 bits per heavy atom. The van der Waals surface area contributed by atoms with Crippen LogP contribution in [0.2, 0.25) is 0 Å². The summed E-state index contributed by atoms with van der Waals surface area (Å²) >= 11 is 7.33. The molecule has 0 spiro atoms. The first-order valence-electron chi connectivity index (χ1n) is 6.06. The summed E-state index contributed by atoms with van der Waals surface area (Å²) in [5.74, 6) is 1.30. The molecule has 2 nitrogen and oxygen atoms in total. The molecule has 0 amide bonds. The topological polar surface area (TPSA) is 24.1 Å².